The highest BCUT2D eigenvalue weighted by atomic mass is 16.7. The zero-order valence-electron chi connectivity index (χ0n) is 44.1. The summed E-state index contributed by atoms with van der Waals surface area (Å²) >= 11 is 0. The summed E-state index contributed by atoms with van der Waals surface area (Å²) in [4.78, 5) is 13.1. The lowest BCUT2D eigenvalue weighted by molar-refractivity contribution is -0.303. The first kappa shape index (κ1) is 64.9. The van der Waals surface area contributed by atoms with E-state index in [9.17, 15) is 40.5 Å². The molecule has 0 spiro atoms. The van der Waals surface area contributed by atoms with E-state index >= 15 is 0 Å². The molecule has 1 rings (SSSR count). The van der Waals surface area contributed by atoms with Gasteiger partial charge >= 0.3 is 0 Å². The van der Waals surface area contributed by atoms with E-state index < -0.39 is 74.2 Å². The minimum atomic E-state index is -1.66. The molecule has 1 aliphatic heterocycles. The number of allylic oxidation sites excluding steroid dienone is 2. The van der Waals surface area contributed by atoms with Crippen molar-refractivity contribution in [1.29, 1.82) is 0 Å². The van der Waals surface area contributed by atoms with Crippen LogP contribution in [0.15, 0.2) is 12.2 Å². The van der Waals surface area contributed by atoms with Gasteiger partial charge in [-0.25, -0.2) is 0 Å². The Labute approximate surface area is 417 Å². The number of amides is 1. The SMILES string of the molecule is CCCCCCCCCCCCCC/C=C\CCCCCCCCCCCCCCCCCC(O)C(=O)NC(COC1OC(CO)C(O)C(O)C1O)C(O)C(O)CCCCCCCCCCCC. The molecule has 0 aromatic rings. The van der Waals surface area contributed by atoms with Crippen molar-refractivity contribution in [3.05, 3.63) is 12.2 Å². The first-order chi connectivity index (χ1) is 33.2. The fourth-order valence-electron chi connectivity index (χ4n) is 9.56. The van der Waals surface area contributed by atoms with Crippen molar-refractivity contribution in [1.82, 2.24) is 5.32 Å². The van der Waals surface area contributed by atoms with Crippen LogP contribution in [0.2, 0.25) is 0 Å². The number of rotatable bonds is 50. The molecule has 1 aliphatic rings. The van der Waals surface area contributed by atoms with Gasteiger partial charge in [-0.3, -0.25) is 4.79 Å². The molecule has 0 bridgehead atoms. The first-order valence-electron chi connectivity index (χ1n) is 29.1. The van der Waals surface area contributed by atoms with Gasteiger partial charge < -0.3 is 50.5 Å². The standard InChI is InChI=1S/C57H111NO10/c1-3-5-7-9-11-13-15-16-17-18-19-20-21-22-23-24-25-26-27-28-29-30-31-32-33-34-35-37-39-41-43-45-50(61)56(66)58-48(47-67-57-55(65)54(64)53(63)51(46-59)68-57)52(62)49(60)44-42-40-38-36-14-12-10-8-6-4-2/h22-23,48-55,57,59-65H,3-21,24-47H2,1-2H3,(H,58,66)/b23-22-. The lowest BCUT2D eigenvalue weighted by Gasteiger charge is -2.40. The fraction of sp³-hybridized carbons (Fsp3) is 0.947. The van der Waals surface area contributed by atoms with Crippen LogP contribution in [0.5, 0.6) is 0 Å². The zero-order valence-corrected chi connectivity index (χ0v) is 44.1. The van der Waals surface area contributed by atoms with Gasteiger partial charge in [0.05, 0.1) is 25.4 Å². The summed E-state index contributed by atoms with van der Waals surface area (Å²) in [6, 6.07) is -1.16. The van der Waals surface area contributed by atoms with E-state index in [2.05, 4.69) is 31.3 Å². The molecule has 404 valence electrons. The Bertz CT molecular complexity index is 1110. The van der Waals surface area contributed by atoms with E-state index in [0.717, 1.165) is 38.5 Å². The van der Waals surface area contributed by atoms with Crippen LogP contribution in [-0.4, -0.2) is 110 Å². The number of unbranched alkanes of at least 4 members (excludes halogenated alkanes) is 36. The molecule has 9 atom stereocenters. The summed E-state index contributed by atoms with van der Waals surface area (Å²) in [5.74, 6) is -0.694. The molecule has 68 heavy (non-hydrogen) atoms. The highest BCUT2D eigenvalue weighted by molar-refractivity contribution is 5.80. The van der Waals surface area contributed by atoms with Crippen LogP contribution in [0.3, 0.4) is 0 Å². The van der Waals surface area contributed by atoms with Gasteiger partial charge in [-0.2, -0.15) is 0 Å². The molecule has 0 aliphatic carbocycles. The summed E-state index contributed by atoms with van der Waals surface area (Å²) in [6.45, 7) is 3.45. The maximum Gasteiger partial charge on any atom is 0.249 e. The minimum Gasteiger partial charge on any atom is -0.394 e. The molecule has 8 N–H and O–H groups in total. The highest BCUT2D eigenvalue weighted by Gasteiger charge is 2.44. The van der Waals surface area contributed by atoms with Crippen LogP contribution >= 0.6 is 0 Å². The third-order valence-corrected chi connectivity index (χ3v) is 14.3. The maximum absolute atomic E-state index is 13.1. The number of aliphatic hydroxyl groups is 7. The quantitative estimate of drug-likeness (QED) is 0.0215. The number of nitrogens with one attached hydrogen (secondary N) is 1. The van der Waals surface area contributed by atoms with Crippen molar-refractivity contribution in [2.24, 2.45) is 0 Å². The summed E-state index contributed by atoms with van der Waals surface area (Å²) < 4.78 is 11.1. The largest absolute Gasteiger partial charge is 0.394 e. The van der Waals surface area contributed by atoms with Crippen molar-refractivity contribution >= 4 is 5.91 Å². The number of aliphatic hydroxyl groups excluding tert-OH is 7. The van der Waals surface area contributed by atoms with Crippen LogP contribution in [0.25, 0.3) is 0 Å². The van der Waals surface area contributed by atoms with Crippen molar-refractivity contribution < 1.29 is 50.0 Å². The molecular weight excluding hydrogens is 859 g/mol. The van der Waals surface area contributed by atoms with E-state index in [1.54, 1.807) is 0 Å². The monoisotopic (exact) mass is 970 g/mol. The van der Waals surface area contributed by atoms with Crippen LogP contribution in [0.1, 0.15) is 277 Å². The third-order valence-electron chi connectivity index (χ3n) is 14.3. The van der Waals surface area contributed by atoms with Crippen LogP contribution in [0.4, 0.5) is 0 Å². The van der Waals surface area contributed by atoms with Gasteiger partial charge in [-0.1, -0.05) is 251 Å². The number of hydrogen-bond acceptors (Lipinski definition) is 10. The second kappa shape index (κ2) is 46.9. The Kier molecular flexibility index (Phi) is 44.7. The Morgan fingerprint density at radius 3 is 1.24 bits per heavy atom. The van der Waals surface area contributed by atoms with E-state index in [-0.39, 0.29) is 6.42 Å². The fourth-order valence-corrected chi connectivity index (χ4v) is 9.56. The Morgan fingerprint density at radius 2 is 0.853 bits per heavy atom. The maximum atomic E-state index is 13.1. The molecule has 0 aromatic carbocycles. The Hall–Kier alpha value is -1.15. The predicted molar refractivity (Wildman–Crippen MR) is 279 cm³/mol. The molecule has 11 heteroatoms. The molecule has 1 amide bonds. The van der Waals surface area contributed by atoms with Gasteiger partial charge in [0.15, 0.2) is 6.29 Å². The van der Waals surface area contributed by atoms with Gasteiger partial charge in [-0.05, 0) is 38.5 Å². The average Bonchev–Trinajstić information content (AvgIpc) is 3.34. The summed E-state index contributed by atoms with van der Waals surface area (Å²) in [5, 5.41) is 75.8. The minimum absolute atomic E-state index is 0.264. The zero-order chi connectivity index (χ0) is 49.7. The van der Waals surface area contributed by atoms with E-state index in [1.807, 2.05) is 0 Å². The summed E-state index contributed by atoms with van der Waals surface area (Å²) in [7, 11) is 0. The second-order valence-corrected chi connectivity index (χ2v) is 20.7. The Balaban J connectivity index is 2.17. The van der Waals surface area contributed by atoms with Crippen LogP contribution in [-0.2, 0) is 14.3 Å². The predicted octanol–water partition coefficient (Wildman–Crippen LogP) is 12.0. The lowest BCUT2D eigenvalue weighted by atomic mass is 9.98. The number of carbonyl (C=O) groups is 1. The molecular formula is C57H111NO10. The van der Waals surface area contributed by atoms with E-state index in [4.69, 9.17) is 9.47 Å². The molecule has 0 saturated carbocycles. The number of ether oxygens (including phenoxy) is 2. The van der Waals surface area contributed by atoms with Gasteiger partial charge in [0.1, 0.15) is 36.6 Å². The van der Waals surface area contributed by atoms with E-state index in [0.29, 0.717) is 19.3 Å². The summed E-state index contributed by atoms with van der Waals surface area (Å²) in [5.41, 5.74) is 0. The molecule has 11 nitrogen and oxygen atoms in total. The smallest absolute Gasteiger partial charge is 0.249 e. The molecule has 1 fully saturated rings. The third kappa shape index (κ3) is 35.1. The number of hydrogen-bond donors (Lipinski definition) is 8. The molecule has 0 radical (unpaired) electrons. The van der Waals surface area contributed by atoms with Crippen molar-refractivity contribution in [3.8, 4) is 0 Å². The second-order valence-electron chi connectivity index (χ2n) is 20.7. The molecule has 9 unspecified atom stereocenters. The topological polar surface area (TPSA) is 189 Å². The molecule has 0 aromatic heterocycles. The highest BCUT2D eigenvalue weighted by Crippen LogP contribution is 2.23. The van der Waals surface area contributed by atoms with Gasteiger partial charge in [0.2, 0.25) is 5.91 Å². The lowest BCUT2D eigenvalue weighted by Crippen LogP contribution is -2.60. The Morgan fingerprint density at radius 1 is 0.500 bits per heavy atom. The van der Waals surface area contributed by atoms with Crippen LogP contribution in [0, 0.1) is 0 Å². The van der Waals surface area contributed by atoms with Crippen molar-refractivity contribution in [2.45, 2.75) is 332 Å². The van der Waals surface area contributed by atoms with Crippen LogP contribution < -0.4 is 5.32 Å². The van der Waals surface area contributed by atoms with Gasteiger partial charge in [0.25, 0.3) is 0 Å². The number of carbonyl (C=O) groups excluding carboxylic acids is 1. The summed E-state index contributed by atoms with van der Waals surface area (Å²) in [6.07, 6.45) is 43.0. The molecule has 1 saturated heterocycles. The first-order valence-corrected chi connectivity index (χ1v) is 29.1. The molecule has 1 heterocycles. The van der Waals surface area contributed by atoms with Crippen molar-refractivity contribution in [2.75, 3.05) is 13.2 Å². The normalized spacial score (nSPS) is 20.5. The van der Waals surface area contributed by atoms with E-state index in [1.165, 1.54) is 199 Å². The van der Waals surface area contributed by atoms with Gasteiger partial charge in [-0.15, -0.1) is 0 Å². The van der Waals surface area contributed by atoms with Crippen molar-refractivity contribution in [3.63, 3.8) is 0 Å². The van der Waals surface area contributed by atoms with Gasteiger partial charge in [0, 0.05) is 0 Å². The average molecular weight is 971 g/mol.